The molecule has 11 aromatic carbocycles. The third-order valence-corrected chi connectivity index (χ3v) is 15.2. The molecule has 0 spiro atoms. The monoisotopic (exact) mass is 1380 g/mol. The largest absolute Gasteiger partial charge is 0.303 e. The van der Waals surface area contributed by atoms with Crippen molar-refractivity contribution in [3.63, 3.8) is 0 Å². The molecular formula is C83H78F11N7. The van der Waals surface area contributed by atoms with Crippen molar-refractivity contribution in [1.82, 2.24) is 0 Å². The van der Waals surface area contributed by atoms with Crippen LogP contribution in [0.1, 0.15) is 101 Å². The van der Waals surface area contributed by atoms with E-state index in [1.165, 1.54) is 0 Å². The van der Waals surface area contributed by atoms with Gasteiger partial charge in [-0.15, -0.1) is 0 Å². The summed E-state index contributed by atoms with van der Waals surface area (Å²) in [5.74, 6) is -0.274. The van der Waals surface area contributed by atoms with E-state index in [1.807, 2.05) is 342 Å². The van der Waals surface area contributed by atoms with Gasteiger partial charge in [0.15, 0.2) is 0 Å². The van der Waals surface area contributed by atoms with Gasteiger partial charge in [-0.25, -0.2) is 18.0 Å². The second-order valence-corrected chi connectivity index (χ2v) is 21.0. The third-order valence-electron chi connectivity index (χ3n) is 15.2. The predicted molar refractivity (Wildman–Crippen MR) is 392 cm³/mol. The molecule has 18 heteroatoms. The number of hydrogen-bond acceptors (Lipinski definition) is 4. The van der Waals surface area contributed by atoms with Gasteiger partial charge < -0.3 is 9.69 Å². The summed E-state index contributed by atoms with van der Waals surface area (Å²) in [6.07, 6.45) is 0. The molecule has 0 bridgehead atoms. The molecule has 522 valence electrons. The Kier molecular flexibility index (Phi) is 48.0. The second kappa shape index (κ2) is 50.2. The molecule has 0 aliphatic rings. The Hall–Kier alpha value is -13.2. The van der Waals surface area contributed by atoms with Crippen LogP contribution in [0.5, 0.6) is 0 Å². The van der Waals surface area contributed by atoms with Gasteiger partial charge in [-0.2, -0.15) is 21.0 Å². The molecule has 0 aliphatic heterocycles. The molecule has 11 aromatic rings. The van der Waals surface area contributed by atoms with Crippen LogP contribution in [0.2, 0.25) is 0 Å². The van der Waals surface area contributed by atoms with Crippen LogP contribution in [0, 0.1) is 65.0 Å². The van der Waals surface area contributed by atoms with E-state index in [0.717, 1.165) is 71.6 Å². The van der Waals surface area contributed by atoms with E-state index in [1.54, 1.807) is 0 Å². The minimum Gasteiger partial charge on any atom is -0.303 e. The fourth-order valence-corrected chi connectivity index (χ4v) is 9.88. The molecule has 101 heavy (non-hydrogen) atoms. The fourth-order valence-electron chi connectivity index (χ4n) is 9.88. The van der Waals surface area contributed by atoms with Gasteiger partial charge in [0.2, 0.25) is 5.70 Å². The van der Waals surface area contributed by atoms with E-state index in [2.05, 4.69) is 38.8 Å². The van der Waals surface area contributed by atoms with Crippen LogP contribution in [0.4, 0.5) is 51.7 Å². The number of nitrogens with zero attached hydrogens (tertiary/aromatic N) is 7. The number of nitriles is 4. The Morgan fingerprint density at radius 1 is 0.347 bits per heavy atom. The van der Waals surface area contributed by atoms with Crippen molar-refractivity contribution in [2.45, 2.75) is 49.6 Å². The highest BCUT2D eigenvalue weighted by Gasteiger charge is 2.36. The maximum Gasteiger partial charge on any atom is 0.279 e. The SMILES string of the molecule is CC(C#N)c1ccccc1.F.F.F.F.F.F.F.F.F.F.F.[3HH].[C-]#[N+]C(C)(c1ccccc1)c1ccc(C(C)(C#N)c2ccccc2)cc1.[C-]#[N+]C(c1ccccc1)=c1ccc(=C(C#N)c2ccccc2)cc1.[C-]#[N+]C(c1ccccc1)c1ccc(C(C#N)c2ccccc2)cc1.c1ccccc1. The van der Waals surface area contributed by atoms with E-state index in [0.29, 0.717) is 11.3 Å². The minimum atomic E-state index is -0.740. The fraction of sp³-hybridized carbons (Fsp3) is 0.0964. The summed E-state index contributed by atoms with van der Waals surface area (Å²) in [5.41, 5.74) is 10.3. The highest BCUT2D eigenvalue weighted by molar-refractivity contribution is 5.76. The van der Waals surface area contributed by atoms with Crippen LogP contribution < -0.4 is 10.4 Å². The zero-order valence-electron chi connectivity index (χ0n) is 55.0. The van der Waals surface area contributed by atoms with Crippen molar-refractivity contribution < 1.29 is 53.2 Å². The van der Waals surface area contributed by atoms with Crippen LogP contribution in [0.25, 0.3) is 25.8 Å². The average molecular weight is 1380 g/mol. The molecule has 0 amide bonds. The molecule has 5 atom stereocenters. The summed E-state index contributed by atoms with van der Waals surface area (Å²) in [6.45, 7) is 28.5. The first-order chi connectivity index (χ1) is 44.0. The topological polar surface area (TPSA) is 108 Å². The summed E-state index contributed by atoms with van der Waals surface area (Å²) in [5, 5.41) is 39.1. The Morgan fingerprint density at radius 2 is 0.653 bits per heavy atom. The van der Waals surface area contributed by atoms with E-state index in [4.69, 9.17) is 25.0 Å². The zero-order valence-corrected chi connectivity index (χ0v) is 55.0. The Balaban J connectivity index is -0.000000290. The molecule has 5 unspecified atom stereocenters. The number of hydrogen-bond donors (Lipinski definition) is 0. The maximum absolute atomic E-state index is 9.85. The highest BCUT2D eigenvalue weighted by Crippen LogP contribution is 2.37. The summed E-state index contributed by atoms with van der Waals surface area (Å²) in [6, 6.07) is 112. The van der Waals surface area contributed by atoms with Crippen LogP contribution in [0.15, 0.2) is 322 Å². The van der Waals surface area contributed by atoms with Gasteiger partial charge >= 0.3 is 0 Å². The zero-order chi connectivity index (χ0) is 63.8. The Morgan fingerprint density at radius 3 is 1.03 bits per heavy atom. The van der Waals surface area contributed by atoms with Crippen molar-refractivity contribution in [2.75, 3.05) is 0 Å². The standard InChI is InChI=1S/C24H20N2.C22H16N2.C22H14N2.C9H9N.C6H6.11FH.H2/c1-23(18-25,19-10-6-4-7-11-19)20-14-16-22(17-15-20)24(2,26-3)21-12-8-5-9-13-21;2*1-24-22(19-10-6-3-7-11-19)20-14-12-18(13-15-20)21(16-23)17-8-4-2-5-9-17;1-8(7-10)9-5-3-2-4-6-9;1-2-4-6-5-3-1;;;;;;;;;;;;/h4-17H,1-2H3;2-15,21-22H;2-15H;2-6,8H,1H3;1-6H;12*1H/i;;;;;;;;;;;;;;;;1+2. The Labute approximate surface area is 584 Å². The molecule has 0 saturated heterocycles. The van der Waals surface area contributed by atoms with E-state index in [9.17, 15) is 15.8 Å². The Bertz CT molecular complexity index is 4200. The summed E-state index contributed by atoms with van der Waals surface area (Å²) in [4.78, 5) is 11.4. The lowest BCUT2D eigenvalue weighted by Crippen LogP contribution is -2.22. The smallest absolute Gasteiger partial charge is 0.279 e. The highest BCUT2D eigenvalue weighted by atomic mass is 19.0. The first kappa shape index (κ1) is 96.5. The first-order valence-corrected chi connectivity index (χ1v) is 29.2. The predicted octanol–water partition coefficient (Wildman–Crippen LogP) is 20.5. The molecule has 7 nitrogen and oxygen atoms in total. The van der Waals surface area contributed by atoms with Crippen LogP contribution >= 0.6 is 0 Å². The maximum atomic E-state index is 9.85. The second-order valence-electron chi connectivity index (χ2n) is 21.0. The number of benzene rings is 11. The summed E-state index contributed by atoms with van der Waals surface area (Å²) >= 11 is 0. The van der Waals surface area contributed by atoms with Gasteiger partial charge in [-0.1, -0.05) is 322 Å². The molecule has 0 fully saturated rings. The van der Waals surface area contributed by atoms with Gasteiger partial charge in [0.25, 0.3) is 11.6 Å². The molecule has 0 aliphatic carbocycles. The third kappa shape index (κ3) is 26.1. The van der Waals surface area contributed by atoms with Gasteiger partial charge in [0.1, 0.15) is 11.5 Å². The molecule has 0 saturated carbocycles. The molecule has 0 aromatic heterocycles. The van der Waals surface area contributed by atoms with E-state index in [-0.39, 0.29) is 71.1 Å². The van der Waals surface area contributed by atoms with Crippen molar-refractivity contribution >= 4 is 11.3 Å². The first-order valence-electron chi connectivity index (χ1n) is 29.2. The van der Waals surface area contributed by atoms with Gasteiger partial charge in [0, 0.05) is 30.6 Å². The van der Waals surface area contributed by atoms with Crippen molar-refractivity contribution in [3.05, 3.63) is 427 Å². The van der Waals surface area contributed by atoms with Crippen LogP contribution in [-0.2, 0) is 11.0 Å². The molecule has 0 N–H and O–H groups in total. The van der Waals surface area contributed by atoms with E-state index < -0.39 is 11.0 Å². The summed E-state index contributed by atoms with van der Waals surface area (Å²) < 4.78 is 0. The van der Waals surface area contributed by atoms with Crippen molar-refractivity contribution in [3.8, 4) is 24.3 Å². The minimum absolute atomic E-state index is 0. The van der Waals surface area contributed by atoms with Crippen LogP contribution in [0.3, 0.4) is 0 Å². The van der Waals surface area contributed by atoms with Gasteiger partial charge in [-0.3, -0.25) is 51.7 Å². The molecular weight excluding hydrogens is 1300 g/mol. The number of rotatable bonds is 11. The lowest BCUT2D eigenvalue weighted by atomic mass is 9.76. The number of halogens is 11. The van der Waals surface area contributed by atoms with Gasteiger partial charge in [0.05, 0.1) is 42.2 Å². The van der Waals surface area contributed by atoms with Gasteiger partial charge in [-0.05, 0) is 63.2 Å². The van der Waals surface area contributed by atoms with Crippen molar-refractivity contribution in [1.29, 1.82) is 21.0 Å². The average Bonchev–Trinajstić information content (AvgIpc) is 0.782. The lowest BCUT2D eigenvalue weighted by Gasteiger charge is -2.24. The van der Waals surface area contributed by atoms with E-state index >= 15 is 0 Å². The quantitative estimate of drug-likeness (QED) is 0.0949. The molecule has 11 rings (SSSR count). The molecule has 0 radical (unpaired) electrons. The van der Waals surface area contributed by atoms with Crippen molar-refractivity contribution in [2.24, 2.45) is 0 Å². The normalized spacial score (nSPS) is 10.8. The summed E-state index contributed by atoms with van der Waals surface area (Å²) in [7, 11) is 0. The molecule has 0 heterocycles. The lowest BCUT2D eigenvalue weighted by molar-refractivity contribution is 0.709. The van der Waals surface area contributed by atoms with Crippen LogP contribution in [-0.4, -0.2) is 0 Å².